The minimum absolute atomic E-state index is 0.297. The minimum atomic E-state index is 0.297. The summed E-state index contributed by atoms with van der Waals surface area (Å²) in [5, 5.41) is 4.65. The Bertz CT molecular complexity index is 781. The fourth-order valence-electron chi connectivity index (χ4n) is 4.08. The number of halogens is 1. The summed E-state index contributed by atoms with van der Waals surface area (Å²) in [4.78, 5) is 0. The summed E-state index contributed by atoms with van der Waals surface area (Å²) >= 11 is 6.54. The van der Waals surface area contributed by atoms with Crippen molar-refractivity contribution in [3.05, 3.63) is 70.3 Å². The van der Waals surface area contributed by atoms with Gasteiger partial charge in [0.1, 0.15) is 5.75 Å². The van der Waals surface area contributed by atoms with E-state index in [1.165, 1.54) is 22.4 Å². The number of hydrogen-bond acceptors (Lipinski definition) is 2. The number of ether oxygens (including phenoxy) is 1. The van der Waals surface area contributed by atoms with E-state index in [2.05, 4.69) is 54.7 Å². The Kier molecular flexibility index (Phi) is 4.01. The quantitative estimate of drug-likeness (QED) is 0.706. The lowest BCUT2D eigenvalue weighted by atomic mass is 9.76. The first-order valence-corrected chi connectivity index (χ1v) is 9.01. The third kappa shape index (κ3) is 2.50. The number of aryl methyl sites for hydroxylation is 1. The van der Waals surface area contributed by atoms with E-state index in [0.717, 1.165) is 17.2 Å². The molecule has 24 heavy (non-hydrogen) atoms. The fraction of sp³-hybridized carbons (Fsp3) is 0.333. The van der Waals surface area contributed by atoms with Gasteiger partial charge in [-0.05, 0) is 55.5 Å². The van der Waals surface area contributed by atoms with Crippen molar-refractivity contribution in [2.75, 3.05) is 11.9 Å². The van der Waals surface area contributed by atoms with Crippen LogP contribution in [0, 0.1) is 12.8 Å². The van der Waals surface area contributed by atoms with Gasteiger partial charge in [-0.2, -0.15) is 0 Å². The van der Waals surface area contributed by atoms with E-state index in [9.17, 15) is 0 Å². The highest BCUT2D eigenvalue weighted by atomic mass is 35.5. The third-order valence-electron chi connectivity index (χ3n) is 5.23. The first kappa shape index (κ1) is 15.6. The number of anilines is 1. The topological polar surface area (TPSA) is 21.3 Å². The first-order valence-electron chi connectivity index (χ1n) is 8.64. The maximum Gasteiger partial charge on any atom is 0.119 e. The molecule has 0 spiro atoms. The summed E-state index contributed by atoms with van der Waals surface area (Å²) in [6.07, 6.45) is 5.71. The zero-order chi connectivity index (χ0) is 16.7. The maximum atomic E-state index is 6.54. The van der Waals surface area contributed by atoms with E-state index in [0.29, 0.717) is 24.5 Å². The van der Waals surface area contributed by atoms with Crippen LogP contribution in [0.5, 0.6) is 5.75 Å². The van der Waals surface area contributed by atoms with Crippen LogP contribution < -0.4 is 10.1 Å². The average molecular weight is 340 g/mol. The molecule has 3 atom stereocenters. The molecular formula is C21H22ClNO. The summed E-state index contributed by atoms with van der Waals surface area (Å²) in [6.45, 7) is 4.85. The molecule has 0 aromatic heterocycles. The van der Waals surface area contributed by atoms with Crippen LogP contribution in [0.25, 0.3) is 0 Å². The molecule has 3 unspecified atom stereocenters. The highest BCUT2D eigenvalue weighted by molar-refractivity contribution is 6.32. The standard InChI is InChI=1S/C21H22ClNO/c1-3-24-15-10-8-14(9-11-15)21-17-6-4-5-16(17)19-18(22)12-7-13(2)20(19)23-21/h4-5,7-12,16-17,21,23H,3,6H2,1-2H3. The van der Waals surface area contributed by atoms with Crippen molar-refractivity contribution in [2.24, 2.45) is 5.92 Å². The zero-order valence-electron chi connectivity index (χ0n) is 14.1. The molecule has 1 N–H and O–H groups in total. The predicted octanol–water partition coefficient (Wildman–Crippen LogP) is 5.87. The largest absolute Gasteiger partial charge is 0.494 e. The average Bonchev–Trinajstić information content (AvgIpc) is 3.08. The molecule has 0 radical (unpaired) electrons. The highest BCUT2D eigenvalue weighted by Crippen LogP contribution is 2.52. The van der Waals surface area contributed by atoms with E-state index < -0.39 is 0 Å². The minimum Gasteiger partial charge on any atom is -0.494 e. The Hall–Kier alpha value is -1.93. The van der Waals surface area contributed by atoms with Gasteiger partial charge in [0.2, 0.25) is 0 Å². The smallest absolute Gasteiger partial charge is 0.119 e. The van der Waals surface area contributed by atoms with Gasteiger partial charge in [0, 0.05) is 22.2 Å². The number of nitrogens with one attached hydrogen (secondary N) is 1. The van der Waals surface area contributed by atoms with Crippen LogP contribution >= 0.6 is 11.6 Å². The van der Waals surface area contributed by atoms with Gasteiger partial charge in [0.25, 0.3) is 0 Å². The fourth-order valence-corrected chi connectivity index (χ4v) is 4.36. The Morgan fingerprint density at radius 1 is 1.17 bits per heavy atom. The second kappa shape index (κ2) is 6.18. The van der Waals surface area contributed by atoms with E-state index >= 15 is 0 Å². The van der Waals surface area contributed by atoms with Gasteiger partial charge >= 0.3 is 0 Å². The summed E-state index contributed by atoms with van der Waals surface area (Å²) in [5.74, 6) is 1.83. The molecule has 2 aliphatic rings. The summed E-state index contributed by atoms with van der Waals surface area (Å²) in [5.41, 5.74) is 5.03. The SMILES string of the molecule is CCOc1ccc(C2Nc3c(C)ccc(Cl)c3C3C=CCC32)cc1. The van der Waals surface area contributed by atoms with Gasteiger partial charge in [-0.1, -0.05) is 42.0 Å². The Morgan fingerprint density at radius 2 is 1.96 bits per heavy atom. The molecule has 1 aliphatic carbocycles. The molecule has 2 aromatic rings. The van der Waals surface area contributed by atoms with E-state index in [4.69, 9.17) is 16.3 Å². The Balaban J connectivity index is 1.74. The first-order chi connectivity index (χ1) is 11.7. The lowest BCUT2D eigenvalue weighted by Gasteiger charge is -2.38. The maximum absolute atomic E-state index is 6.54. The summed E-state index contributed by atoms with van der Waals surface area (Å²) in [6, 6.07) is 12.9. The Morgan fingerprint density at radius 3 is 2.71 bits per heavy atom. The summed E-state index contributed by atoms with van der Waals surface area (Å²) in [7, 11) is 0. The molecule has 0 saturated carbocycles. The van der Waals surface area contributed by atoms with Gasteiger partial charge in [0.15, 0.2) is 0 Å². The van der Waals surface area contributed by atoms with E-state index in [1.807, 2.05) is 13.0 Å². The predicted molar refractivity (Wildman–Crippen MR) is 100 cm³/mol. The van der Waals surface area contributed by atoms with Crippen LogP contribution in [-0.4, -0.2) is 6.61 Å². The van der Waals surface area contributed by atoms with Crippen LogP contribution in [0.3, 0.4) is 0 Å². The van der Waals surface area contributed by atoms with Gasteiger partial charge in [-0.25, -0.2) is 0 Å². The van der Waals surface area contributed by atoms with Crippen LogP contribution in [0.2, 0.25) is 5.02 Å². The van der Waals surface area contributed by atoms with Crippen LogP contribution in [-0.2, 0) is 0 Å². The van der Waals surface area contributed by atoms with Crippen molar-refractivity contribution in [1.82, 2.24) is 0 Å². The molecule has 3 heteroatoms. The summed E-state index contributed by atoms with van der Waals surface area (Å²) < 4.78 is 5.58. The molecule has 0 amide bonds. The number of benzene rings is 2. The monoisotopic (exact) mass is 339 g/mol. The number of allylic oxidation sites excluding steroid dienone is 2. The van der Waals surface area contributed by atoms with Crippen molar-refractivity contribution in [1.29, 1.82) is 0 Å². The molecule has 124 valence electrons. The van der Waals surface area contributed by atoms with Crippen molar-refractivity contribution in [2.45, 2.75) is 32.2 Å². The molecule has 0 saturated heterocycles. The lowest BCUT2D eigenvalue weighted by molar-refractivity contribution is 0.340. The number of hydrogen-bond donors (Lipinski definition) is 1. The van der Waals surface area contributed by atoms with Crippen LogP contribution in [0.4, 0.5) is 5.69 Å². The van der Waals surface area contributed by atoms with Gasteiger partial charge in [-0.3, -0.25) is 0 Å². The second-order valence-corrected chi connectivity index (χ2v) is 7.04. The lowest BCUT2D eigenvalue weighted by Crippen LogP contribution is -2.29. The molecule has 2 aromatic carbocycles. The number of fused-ring (bicyclic) bond motifs is 3. The van der Waals surface area contributed by atoms with Crippen molar-refractivity contribution in [3.63, 3.8) is 0 Å². The molecular weight excluding hydrogens is 318 g/mol. The van der Waals surface area contributed by atoms with Gasteiger partial charge in [-0.15, -0.1) is 0 Å². The van der Waals surface area contributed by atoms with E-state index in [1.54, 1.807) is 0 Å². The van der Waals surface area contributed by atoms with E-state index in [-0.39, 0.29) is 0 Å². The second-order valence-electron chi connectivity index (χ2n) is 6.63. The zero-order valence-corrected chi connectivity index (χ0v) is 14.8. The molecule has 1 aliphatic heterocycles. The normalized spacial score (nSPS) is 24.2. The Labute approximate surface area is 148 Å². The van der Waals surface area contributed by atoms with Crippen molar-refractivity contribution in [3.8, 4) is 5.75 Å². The molecule has 1 heterocycles. The van der Waals surface area contributed by atoms with Gasteiger partial charge < -0.3 is 10.1 Å². The van der Waals surface area contributed by atoms with Gasteiger partial charge in [0.05, 0.1) is 12.6 Å². The number of rotatable bonds is 3. The molecule has 4 rings (SSSR count). The highest BCUT2D eigenvalue weighted by Gasteiger charge is 2.39. The molecule has 0 fully saturated rings. The van der Waals surface area contributed by atoms with Crippen LogP contribution in [0.1, 0.15) is 42.0 Å². The third-order valence-corrected chi connectivity index (χ3v) is 5.55. The van der Waals surface area contributed by atoms with Crippen molar-refractivity contribution >= 4 is 17.3 Å². The molecule has 0 bridgehead atoms. The molecule has 2 nitrogen and oxygen atoms in total. The van der Waals surface area contributed by atoms with Crippen molar-refractivity contribution < 1.29 is 4.74 Å². The van der Waals surface area contributed by atoms with Crippen LogP contribution in [0.15, 0.2) is 48.6 Å².